The van der Waals surface area contributed by atoms with Gasteiger partial charge in [0.05, 0.1) is 5.69 Å². The largest absolute Gasteiger partial charge is 0.350 e. The van der Waals surface area contributed by atoms with E-state index in [0.29, 0.717) is 23.2 Å². The lowest BCUT2D eigenvalue weighted by Gasteiger charge is -2.24. The van der Waals surface area contributed by atoms with Gasteiger partial charge in [-0.15, -0.1) is 5.10 Å². The number of fused-ring (bicyclic) bond motifs is 1. The molecule has 1 fully saturated rings. The van der Waals surface area contributed by atoms with Gasteiger partial charge in [-0.3, -0.25) is 9.36 Å². The fourth-order valence-electron chi connectivity index (χ4n) is 3.09. The Bertz CT molecular complexity index is 1040. The molecule has 0 saturated heterocycles. The van der Waals surface area contributed by atoms with Crippen molar-refractivity contribution < 1.29 is 0 Å². The monoisotopic (exact) mass is 344 g/mol. The quantitative estimate of drug-likeness (QED) is 0.733. The van der Waals surface area contributed by atoms with Gasteiger partial charge in [0, 0.05) is 24.0 Å². The van der Waals surface area contributed by atoms with Crippen molar-refractivity contribution in [2.24, 2.45) is 5.92 Å². The van der Waals surface area contributed by atoms with E-state index in [-0.39, 0.29) is 16.9 Å². The van der Waals surface area contributed by atoms with E-state index < -0.39 is 0 Å². The van der Waals surface area contributed by atoms with Crippen LogP contribution in [-0.2, 0) is 6.54 Å². The molecule has 2 heterocycles. The van der Waals surface area contributed by atoms with E-state index in [1.807, 2.05) is 13.0 Å². The van der Waals surface area contributed by atoms with Gasteiger partial charge >= 0.3 is 11.2 Å². The summed E-state index contributed by atoms with van der Waals surface area (Å²) in [5.74, 6) is 0.491. The molecule has 7 heteroatoms. The van der Waals surface area contributed by atoms with Gasteiger partial charge in [0.1, 0.15) is 0 Å². The van der Waals surface area contributed by atoms with Gasteiger partial charge in [-0.2, -0.15) is 0 Å². The molecule has 0 N–H and O–H groups in total. The molecule has 0 amide bonds. The van der Waals surface area contributed by atoms with Gasteiger partial charge in [-0.1, -0.05) is 24.1 Å². The van der Waals surface area contributed by atoms with Gasteiger partial charge < -0.3 is 0 Å². The lowest BCUT2D eigenvalue weighted by molar-refractivity contribution is 0.263. The van der Waals surface area contributed by atoms with Crippen molar-refractivity contribution in [2.45, 2.75) is 32.7 Å². The first-order valence-electron chi connectivity index (χ1n) is 8.02. The second kappa shape index (κ2) is 5.63. The number of nitrogens with zero attached hydrogens (tertiary/aromatic N) is 4. The summed E-state index contributed by atoms with van der Waals surface area (Å²) >= 11 is 6.15. The third kappa shape index (κ3) is 2.29. The fraction of sp³-hybridized carbons (Fsp3) is 0.353. The highest BCUT2D eigenvalue weighted by molar-refractivity contribution is 6.31. The van der Waals surface area contributed by atoms with Gasteiger partial charge in [0.15, 0.2) is 0 Å². The number of hydrogen-bond acceptors (Lipinski definition) is 3. The summed E-state index contributed by atoms with van der Waals surface area (Å²) in [6.07, 6.45) is 6.61. The van der Waals surface area contributed by atoms with Crippen LogP contribution in [0, 0.1) is 12.8 Å². The molecule has 1 aromatic carbocycles. The fourth-order valence-corrected chi connectivity index (χ4v) is 3.26. The summed E-state index contributed by atoms with van der Waals surface area (Å²) < 4.78 is 4.21. The summed E-state index contributed by atoms with van der Waals surface area (Å²) in [5.41, 5.74) is 1.05. The predicted octanol–water partition coefficient (Wildman–Crippen LogP) is 2.41. The van der Waals surface area contributed by atoms with Crippen LogP contribution in [-0.4, -0.2) is 18.7 Å². The van der Waals surface area contributed by atoms with Gasteiger partial charge in [0.2, 0.25) is 5.65 Å². The minimum atomic E-state index is -0.327. The summed E-state index contributed by atoms with van der Waals surface area (Å²) in [4.78, 5) is 25.2. The lowest BCUT2D eigenvalue weighted by Crippen LogP contribution is -2.28. The first-order valence-corrected chi connectivity index (χ1v) is 8.40. The van der Waals surface area contributed by atoms with Crippen LogP contribution in [0.1, 0.15) is 24.8 Å². The van der Waals surface area contributed by atoms with Crippen LogP contribution in [0.5, 0.6) is 0 Å². The molecule has 24 heavy (non-hydrogen) atoms. The summed E-state index contributed by atoms with van der Waals surface area (Å²) in [6, 6.07) is 5.40. The average Bonchev–Trinajstić information content (AvgIpc) is 2.84. The Balaban J connectivity index is 1.87. The van der Waals surface area contributed by atoms with Crippen molar-refractivity contribution in [1.82, 2.24) is 18.7 Å². The topological polar surface area (TPSA) is 61.3 Å². The first-order chi connectivity index (χ1) is 11.6. The SMILES string of the molecule is Cc1c(Cl)cccc1-n1ccn2c(=O)n(CC3CCC3)nc2c1=O. The van der Waals surface area contributed by atoms with Crippen LogP contribution in [0.15, 0.2) is 40.2 Å². The second-order valence-corrected chi connectivity index (χ2v) is 6.72. The number of halogens is 1. The number of hydrogen-bond donors (Lipinski definition) is 0. The predicted molar refractivity (Wildman–Crippen MR) is 92.1 cm³/mol. The maximum absolute atomic E-state index is 12.8. The average molecular weight is 345 g/mol. The molecule has 6 nitrogen and oxygen atoms in total. The van der Waals surface area contributed by atoms with E-state index >= 15 is 0 Å². The number of rotatable bonds is 3. The van der Waals surface area contributed by atoms with Crippen molar-refractivity contribution in [2.75, 3.05) is 0 Å². The van der Waals surface area contributed by atoms with Crippen LogP contribution in [0.4, 0.5) is 0 Å². The molecule has 0 bridgehead atoms. The van der Waals surface area contributed by atoms with Crippen molar-refractivity contribution in [1.29, 1.82) is 0 Å². The van der Waals surface area contributed by atoms with E-state index in [0.717, 1.165) is 18.4 Å². The molecule has 0 atom stereocenters. The standard InChI is InChI=1S/C17H17ClN4O2/c1-11-13(18)6-3-7-14(11)20-8-9-21-15(16(20)23)19-22(17(21)24)10-12-4-2-5-12/h3,6-9,12H,2,4-5,10H2,1H3. The van der Waals surface area contributed by atoms with Crippen LogP contribution in [0.3, 0.4) is 0 Å². The van der Waals surface area contributed by atoms with Crippen LogP contribution >= 0.6 is 11.6 Å². The highest BCUT2D eigenvalue weighted by Gasteiger charge is 2.21. The Morgan fingerprint density at radius 1 is 1.25 bits per heavy atom. The van der Waals surface area contributed by atoms with E-state index in [1.54, 1.807) is 24.5 Å². The van der Waals surface area contributed by atoms with Gasteiger partial charge in [-0.05, 0) is 43.4 Å². The van der Waals surface area contributed by atoms with Crippen molar-refractivity contribution >= 4 is 17.2 Å². The normalized spacial score (nSPS) is 14.9. The molecular weight excluding hydrogens is 328 g/mol. The minimum Gasteiger partial charge on any atom is -0.279 e. The molecular formula is C17H17ClN4O2. The molecule has 0 unspecified atom stereocenters. The zero-order valence-electron chi connectivity index (χ0n) is 13.3. The van der Waals surface area contributed by atoms with Crippen LogP contribution in [0.25, 0.3) is 11.3 Å². The maximum Gasteiger partial charge on any atom is 0.350 e. The Labute approximate surface area is 142 Å². The third-order valence-electron chi connectivity index (χ3n) is 4.80. The summed E-state index contributed by atoms with van der Waals surface area (Å²) in [6.45, 7) is 2.44. The lowest BCUT2D eigenvalue weighted by atomic mass is 9.86. The van der Waals surface area contributed by atoms with Crippen LogP contribution in [0.2, 0.25) is 5.02 Å². The Morgan fingerprint density at radius 3 is 2.75 bits per heavy atom. The third-order valence-corrected chi connectivity index (χ3v) is 5.21. The Hall–Kier alpha value is -2.34. The second-order valence-electron chi connectivity index (χ2n) is 6.31. The smallest absolute Gasteiger partial charge is 0.279 e. The minimum absolute atomic E-state index is 0.140. The highest BCUT2D eigenvalue weighted by Crippen LogP contribution is 2.27. The van der Waals surface area contributed by atoms with Crippen LogP contribution < -0.4 is 11.2 Å². The molecule has 1 aliphatic carbocycles. The van der Waals surface area contributed by atoms with Crippen molar-refractivity contribution in [3.05, 3.63) is 62.0 Å². The molecule has 0 aliphatic heterocycles. The van der Waals surface area contributed by atoms with Gasteiger partial charge in [-0.25, -0.2) is 13.9 Å². The molecule has 0 spiro atoms. The van der Waals surface area contributed by atoms with E-state index in [2.05, 4.69) is 5.10 Å². The molecule has 124 valence electrons. The highest BCUT2D eigenvalue weighted by atomic mass is 35.5. The Kier molecular flexibility index (Phi) is 3.57. The first kappa shape index (κ1) is 15.2. The van der Waals surface area contributed by atoms with E-state index in [4.69, 9.17) is 11.6 Å². The molecule has 1 aliphatic rings. The summed E-state index contributed by atoms with van der Waals surface area (Å²) in [5, 5.41) is 4.86. The van der Waals surface area contributed by atoms with E-state index in [1.165, 1.54) is 20.1 Å². The van der Waals surface area contributed by atoms with Crippen molar-refractivity contribution in [3.63, 3.8) is 0 Å². The zero-order chi connectivity index (χ0) is 16.8. The number of benzene rings is 1. The van der Waals surface area contributed by atoms with E-state index in [9.17, 15) is 9.59 Å². The molecule has 4 rings (SSSR count). The summed E-state index contributed by atoms with van der Waals surface area (Å²) in [7, 11) is 0. The molecule has 0 radical (unpaired) electrons. The molecule has 1 saturated carbocycles. The number of aromatic nitrogens is 4. The Morgan fingerprint density at radius 2 is 2.04 bits per heavy atom. The van der Waals surface area contributed by atoms with Gasteiger partial charge in [0.25, 0.3) is 0 Å². The molecule has 2 aromatic heterocycles. The molecule has 3 aromatic rings. The van der Waals surface area contributed by atoms with Crippen molar-refractivity contribution in [3.8, 4) is 5.69 Å². The zero-order valence-corrected chi connectivity index (χ0v) is 14.0. The maximum atomic E-state index is 12.8.